The van der Waals surface area contributed by atoms with Crippen LogP contribution in [0, 0.1) is 0 Å². The van der Waals surface area contributed by atoms with Gasteiger partial charge in [0.15, 0.2) is 0 Å². The average molecular weight is 279 g/mol. The van der Waals surface area contributed by atoms with Crippen LogP contribution in [-0.4, -0.2) is 44.7 Å². The SMILES string of the molecule is COCCCC(N)C(=O)Nc1ccccc1CN(C)C. The summed E-state index contributed by atoms with van der Waals surface area (Å²) in [5.41, 5.74) is 7.79. The highest BCUT2D eigenvalue weighted by molar-refractivity contribution is 5.95. The van der Waals surface area contributed by atoms with Gasteiger partial charge in [0.1, 0.15) is 0 Å². The number of carbonyl (C=O) groups excluding carboxylic acids is 1. The monoisotopic (exact) mass is 279 g/mol. The van der Waals surface area contributed by atoms with Crippen LogP contribution < -0.4 is 11.1 Å². The summed E-state index contributed by atoms with van der Waals surface area (Å²) in [4.78, 5) is 14.1. The molecule has 1 unspecified atom stereocenters. The third kappa shape index (κ3) is 5.69. The molecule has 0 bridgehead atoms. The van der Waals surface area contributed by atoms with E-state index in [0.29, 0.717) is 13.0 Å². The third-order valence-corrected chi connectivity index (χ3v) is 2.96. The normalized spacial score (nSPS) is 12.4. The summed E-state index contributed by atoms with van der Waals surface area (Å²) >= 11 is 0. The van der Waals surface area contributed by atoms with Crippen LogP contribution in [0.25, 0.3) is 0 Å². The van der Waals surface area contributed by atoms with Crippen molar-refractivity contribution in [2.75, 3.05) is 33.1 Å². The zero-order valence-corrected chi connectivity index (χ0v) is 12.6. The van der Waals surface area contributed by atoms with E-state index in [0.717, 1.165) is 24.2 Å². The molecule has 0 fully saturated rings. The fourth-order valence-electron chi connectivity index (χ4n) is 1.92. The van der Waals surface area contributed by atoms with Crippen molar-refractivity contribution >= 4 is 11.6 Å². The molecule has 0 radical (unpaired) electrons. The largest absolute Gasteiger partial charge is 0.385 e. The molecule has 5 heteroatoms. The van der Waals surface area contributed by atoms with Crippen LogP contribution in [0.4, 0.5) is 5.69 Å². The molecule has 0 heterocycles. The summed E-state index contributed by atoms with van der Waals surface area (Å²) in [6, 6.07) is 7.28. The van der Waals surface area contributed by atoms with Gasteiger partial charge in [0, 0.05) is 25.9 Å². The lowest BCUT2D eigenvalue weighted by Crippen LogP contribution is -2.36. The number of methoxy groups -OCH3 is 1. The summed E-state index contributed by atoms with van der Waals surface area (Å²) in [5, 5.41) is 2.91. The van der Waals surface area contributed by atoms with Crippen LogP contribution in [0.5, 0.6) is 0 Å². The molecule has 20 heavy (non-hydrogen) atoms. The van der Waals surface area contributed by atoms with E-state index in [1.165, 1.54) is 0 Å². The van der Waals surface area contributed by atoms with E-state index in [9.17, 15) is 4.79 Å². The van der Waals surface area contributed by atoms with Gasteiger partial charge < -0.3 is 20.7 Å². The number of carbonyl (C=O) groups is 1. The van der Waals surface area contributed by atoms with Gasteiger partial charge in [-0.05, 0) is 38.6 Å². The predicted octanol–water partition coefficient (Wildman–Crippen LogP) is 1.44. The minimum atomic E-state index is -0.502. The van der Waals surface area contributed by atoms with Crippen molar-refractivity contribution < 1.29 is 9.53 Å². The standard InChI is InChI=1S/C15H25N3O2/c1-18(2)11-12-7-4-5-9-14(12)17-15(19)13(16)8-6-10-20-3/h4-5,7,9,13H,6,8,10-11,16H2,1-3H3,(H,17,19). The number of anilines is 1. The summed E-state index contributed by atoms with van der Waals surface area (Å²) in [6.45, 7) is 1.40. The lowest BCUT2D eigenvalue weighted by molar-refractivity contribution is -0.117. The highest BCUT2D eigenvalue weighted by atomic mass is 16.5. The Labute approximate surface area is 121 Å². The molecule has 0 spiro atoms. The first-order chi connectivity index (χ1) is 9.54. The molecule has 1 aromatic carbocycles. The highest BCUT2D eigenvalue weighted by Gasteiger charge is 2.14. The number of ether oxygens (including phenoxy) is 1. The van der Waals surface area contributed by atoms with Gasteiger partial charge in [0.2, 0.25) is 5.91 Å². The molecule has 0 aliphatic rings. The van der Waals surface area contributed by atoms with E-state index in [2.05, 4.69) is 10.2 Å². The van der Waals surface area contributed by atoms with Crippen LogP contribution in [-0.2, 0) is 16.1 Å². The van der Waals surface area contributed by atoms with E-state index in [1.54, 1.807) is 7.11 Å². The molecule has 1 amide bonds. The highest BCUT2D eigenvalue weighted by Crippen LogP contribution is 2.16. The smallest absolute Gasteiger partial charge is 0.241 e. The molecule has 1 rings (SSSR count). The van der Waals surface area contributed by atoms with Crippen molar-refractivity contribution in [3.8, 4) is 0 Å². The van der Waals surface area contributed by atoms with Gasteiger partial charge in [-0.3, -0.25) is 4.79 Å². The summed E-state index contributed by atoms with van der Waals surface area (Å²) in [7, 11) is 5.63. The maximum Gasteiger partial charge on any atom is 0.241 e. The fraction of sp³-hybridized carbons (Fsp3) is 0.533. The lowest BCUT2D eigenvalue weighted by atomic mass is 10.1. The average Bonchev–Trinajstić information content (AvgIpc) is 2.40. The molecule has 112 valence electrons. The van der Waals surface area contributed by atoms with Gasteiger partial charge in [-0.1, -0.05) is 18.2 Å². The van der Waals surface area contributed by atoms with Crippen molar-refractivity contribution in [3.05, 3.63) is 29.8 Å². The Hall–Kier alpha value is -1.43. The van der Waals surface area contributed by atoms with Crippen molar-refractivity contribution in [1.82, 2.24) is 4.90 Å². The summed E-state index contributed by atoms with van der Waals surface area (Å²) in [6.07, 6.45) is 1.40. The van der Waals surface area contributed by atoms with Crippen molar-refractivity contribution in [1.29, 1.82) is 0 Å². The zero-order chi connectivity index (χ0) is 15.0. The molecular formula is C15H25N3O2. The minimum Gasteiger partial charge on any atom is -0.385 e. The maximum atomic E-state index is 12.1. The zero-order valence-electron chi connectivity index (χ0n) is 12.6. The molecule has 0 saturated carbocycles. The van der Waals surface area contributed by atoms with E-state index in [-0.39, 0.29) is 5.91 Å². The minimum absolute atomic E-state index is 0.146. The molecule has 1 atom stereocenters. The molecular weight excluding hydrogens is 254 g/mol. The van der Waals surface area contributed by atoms with Gasteiger partial charge in [0.05, 0.1) is 6.04 Å². The number of hydrogen-bond acceptors (Lipinski definition) is 4. The first-order valence-electron chi connectivity index (χ1n) is 6.82. The van der Waals surface area contributed by atoms with E-state index < -0.39 is 6.04 Å². The topological polar surface area (TPSA) is 67.6 Å². The van der Waals surface area contributed by atoms with Gasteiger partial charge in [-0.15, -0.1) is 0 Å². The predicted molar refractivity (Wildman–Crippen MR) is 81.5 cm³/mol. The van der Waals surface area contributed by atoms with Crippen LogP contribution >= 0.6 is 0 Å². The lowest BCUT2D eigenvalue weighted by Gasteiger charge is -2.17. The Morgan fingerprint density at radius 3 is 2.75 bits per heavy atom. The number of nitrogens with zero attached hydrogens (tertiary/aromatic N) is 1. The van der Waals surface area contributed by atoms with E-state index in [1.807, 2.05) is 38.4 Å². The Bertz CT molecular complexity index is 421. The number of para-hydroxylation sites is 1. The Morgan fingerprint density at radius 2 is 2.10 bits per heavy atom. The Morgan fingerprint density at radius 1 is 1.40 bits per heavy atom. The summed E-state index contributed by atoms with van der Waals surface area (Å²) < 4.78 is 4.96. The molecule has 0 aliphatic heterocycles. The molecule has 1 aromatic rings. The molecule has 0 aliphatic carbocycles. The van der Waals surface area contributed by atoms with E-state index >= 15 is 0 Å². The Balaban J connectivity index is 2.60. The number of benzene rings is 1. The number of hydrogen-bond donors (Lipinski definition) is 2. The second kappa shape index (κ2) is 8.68. The van der Waals surface area contributed by atoms with Crippen molar-refractivity contribution in [2.45, 2.75) is 25.4 Å². The number of rotatable bonds is 8. The van der Waals surface area contributed by atoms with Gasteiger partial charge >= 0.3 is 0 Å². The maximum absolute atomic E-state index is 12.1. The van der Waals surface area contributed by atoms with Gasteiger partial charge in [-0.2, -0.15) is 0 Å². The van der Waals surface area contributed by atoms with Crippen LogP contribution in [0.3, 0.4) is 0 Å². The molecule has 0 aromatic heterocycles. The second-order valence-corrected chi connectivity index (χ2v) is 5.13. The second-order valence-electron chi connectivity index (χ2n) is 5.13. The number of nitrogens with one attached hydrogen (secondary N) is 1. The van der Waals surface area contributed by atoms with Crippen LogP contribution in [0.15, 0.2) is 24.3 Å². The molecule has 0 saturated heterocycles. The van der Waals surface area contributed by atoms with Crippen molar-refractivity contribution in [2.24, 2.45) is 5.73 Å². The van der Waals surface area contributed by atoms with Crippen LogP contribution in [0.2, 0.25) is 0 Å². The molecule has 5 nitrogen and oxygen atoms in total. The quantitative estimate of drug-likeness (QED) is 0.707. The summed E-state index contributed by atoms with van der Waals surface area (Å²) in [5.74, 6) is -0.146. The Kier molecular flexibility index (Phi) is 7.22. The van der Waals surface area contributed by atoms with E-state index in [4.69, 9.17) is 10.5 Å². The first kappa shape index (κ1) is 16.6. The molecule has 3 N–H and O–H groups in total. The number of amides is 1. The van der Waals surface area contributed by atoms with Crippen LogP contribution in [0.1, 0.15) is 18.4 Å². The third-order valence-electron chi connectivity index (χ3n) is 2.96. The van der Waals surface area contributed by atoms with Crippen molar-refractivity contribution in [3.63, 3.8) is 0 Å². The number of nitrogens with two attached hydrogens (primary N) is 1. The van der Waals surface area contributed by atoms with Gasteiger partial charge in [-0.25, -0.2) is 0 Å². The van der Waals surface area contributed by atoms with Gasteiger partial charge in [0.25, 0.3) is 0 Å². The first-order valence-corrected chi connectivity index (χ1v) is 6.82. The fourth-order valence-corrected chi connectivity index (χ4v) is 1.92.